The zero-order valence-corrected chi connectivity index (χ0v) is 9.25. The second kappa shape index (κ2) is 4.37. The van der Waals surface area contributed by atoms with Crippen LogP contribution >= 0.6 is 0 Å². The maximum Gasteiger partial charge on any atom is 0.167 e. The van der Waals surface area contributed by atoms with Crippen LogP contribution in [0.1, 0.15) is 0 Å². The lowest BCUT2D eigenvalue weighted by atomic mass is 10.1. The Morgan fingerprint density at radius 2 is 1.83 bits per heavy atom. The van der Waals surface area contributed by atoms with E-state index in [4.69, 9.17) is 4.52 Å². The molecule has 88 valence electrons. The molecule has 4 nitrogen and oxygen atoms in total. The number of rotatable bonds is 2. The average Bonchev–Trinajstić information content (AvgIpc) is 2.89. The van der Waals surface area contributed by atoms with Gasteiger partial charge in [0, 0.05) is 29.6 Å². The van der Waals surface area contributed by atoms with Crippen LogP contribution in [0.4, 0.5) is 4.39 Å². The highest BCUT2D eigenvalue weighted by molar-refractivity contribution is 5.65. The predicted molar refractivity (Wildman–Crippen MR) is 62.9 cm³/mol. The van der Waals surface area contributed by atoms with Crippen molar-refractivity contribution in [2.75, 3.05) is 0 Å². The van der Waals surface area contributed by atoms with Crippen LogP contribution in [0.3, 0.4) is 0 Å². The van der Waals surface area contributed by atoms with E-state index >= 15 is 0 Å². The Balaban J connectivity index is 2.00. The Morgan fingerprint density at radius 1 is 1.00 bits per heavy atom. The Morgan fingerprint density at radius 3 is 2.61 bits per heavy atom. The first kappa shape index (κ1) is 10.6. The minimum atomic E-state index is -0.312. The summed E-state index contributed by atoms with van der Waals surface area (Å²) in [5.74, 6) is 0.196. The molecule has 0 fully saturated rings. The molecule has 3 aromatic rings. The van der Waals surface area contributed by atoms with Crippen molar-refractivity contribution in [1.82, 2.24) is 15.1 Å². The van der Waals surface area contributed by atoms with E-state index in [1.165, 1.54) is 18.5 Å². The van der Waals surface area contributed by atoms with Crippen molar-refractivity contribution in [2.24, 2.45) is 0 Å². The molecule has 0 spiro atoms. The Bertz CT molecular complexity index is 667. The number of nitrogens with zero attached hydrogens (tertiary/aromatic N) is 3. The quantitative estimate of drug-likeness (QED) is 0.692. The first-order valence-electron chi connectivity index (χ1n) is 5.31. The topological polar surface area (TPSA) is 51.8 Å². The number of benzene rings is 1. The summed E-state index contributed by atoms with van der Waals surface area (Å²) < 4.78 is 18.3. The molecule has 0 amide bonds. The van der Waals surface area contributed by atoms with Crippen LogP contribution in [0, 0.1) is 5.82 Å². The molecule has 18 heavy (non-hydrogen) atoms. The van der Waals surface area contributed by atoms with Crippen LogP contribution in [0.5, 0.6) is 0 Å². The fraction of sp³-hybridized carbons (Fsp3) is 0. The van der Waals surface area contributed by atoms with Gasteiger partial charge in [-0.25, -0.2) is 14.4 Å². The van der Waals surface area contributed by atoms with Crippen LogP contribution in [0.25, 0.3) is 22.6 Å². The molecule has 0 radical (unpaired) electrons. The van der Waals surface area contributed by atoms with Crippen molar-refractivity contribution >= 4 is 0 Å². The summed E-state index contributed by atoms with van der Waals surface area (Å²) in [6.07, 6.45) is 4.72. The van der Waals surface area contributed by atoms with Gasteiger partial charge < -0.3 is 4.52 Å². The highest BCUT2D eigenvalue weighted by Gasteiger charge is 2.09. The summed E-state index contributed by atoms with van der Waals surface area (Å²) in [6, 6.07) is 7.89. The highest BCUT2D eigenvalue weighted by Crippen LogP contribution is 2.25. The number of aromatic nitrogens is 3. The molecule has 0 N–H and O–H groups in total. The van der Waals surface area contributed by atoms with Crippen molar-refractivity contribution < 1.29 is 8.91 Å². The lowest BCUT2D eigenvalue weighted by Gasteiger charge is -1.94. The van der Waals surface area contributed by atoms with Crippen LogP contribution in [0.15, 0.2) is 53.6 Å². The summed E-state index contributed by atoms with van der Waals surface area (Å²) in [5.41, 5.74) is 2.02. The van der Waals surface area contributed by atoms with Gasteiger partial charge in [-0.1, -0.05) is 17.3 Å². The zero-order chi connectivity index (χ0) is 12.4. The van der Waals surface area contributed by atoms with Gasteiger partial charge in [-0.15, -0.1) is 0 Å². The second-order valence-electron chi connectivity index (χ2n) is 3.71. The fourth-order valence-corrected chi connectivity index (χ4v) is 1.62. The second-order valence-corrected chi connectivity index (χ2v) is 3.71. The molecule has 0 aliphatic rings. The van der Waals surface area contributed by atoms with E-state index in [9.17, 15) is 4.39 Å². The third-order valence-corrected chi connectivity index (χ3v) is 2.48. The minimum absolute atomic E-state index is 0.312. The van der Waals surface area contributed by atoms with Gasteiger partial charge in [0.05, 0.1) is 0 Å². The first-order valence-corrected chi connectivity index (χ1v) is 5.31. The number of hydrogen-bond acceptors (Lipinski definition) is 4. The Kier molecular flexibility index (Phi) is 2.57. The monoisotopic (exact) mass is 241 g/mol. The highest BCUT2D eigenvalue weighted by atomic mass is 19.1. The number of halogens is 1. The lowest BCUT2D eigenvalue weighted by molar-refractivity contribution is 0.434. The van der Waals surface area contributed by atoms with Gasteiger partial charge in [-0.2, -0.15) is 0 Å². The molecule has 3 rings (SSSR count). The maximum absolute atomic E-state index is 13.1. The van der Waals surface area contributed by atoms with Crippen molar-refractivity contribution in [1.29, 1.82) is 0 Å². The van der Waals surface area contributed by atoms with Gasteiger partial charge in [0.1, 0.15) is 17.8 Å². The van der Waals surface area contributed by atoms with E-state index in [1.54, 1.807) is 30.6 Å². The zero-order valence-electron chi connectivity index (χ0n) is 9.25. The summed E-state index contributed by atoms with van der Waals surface area (Å²) in [6.45, 7) is 0. The average molecular weight is 241 g/mol. The normalized spacial score (nSPS) is 10.5. The maximum atomic E-state index is 13.1. The van der Waals surface area contributed by atoms with Crippen molar-refractivity contribution in [3.8, 4) is 22.6 Å². The molecule has 0 saturated carbocycles. The van der Waals surface area contributed by atoms with Crippen LogP contribution in [-0.4, -0.2) is 15.1 Å². The Hall–Kier alpha value is -2.56. The molecule has 5 heteroatoms. The molecule has 2 aromatic heterocycles. The van der Waals surface area contributed by atoms with E-state index in [0.29, 0.717) is 17.0 Å². The van der Waals surface area contributed by atoms with E-state index < -0.39 is 0 Å². The minimum Gasteiger partial charge on any atom is -0.356 e. The largest absolute Gasteiger partial charge is 0.356 e. The summed E-state index contributed by atoms with van der Waals surface area (Å²) in [4.78, 5) is 7.81. The standard InChI is InChI=1S/C13H8FN3O/c14-11-3-1-2-9(4-11)13-5-12(17-18-13)10-6-15-8-16-7-10/h1-8H. The molecule has 0 atom stereocenters. The van der Waals surface area contributed by atoms with E-state index in [2.05, 4.69) is 15.1 Å². The number of hydrogen-bond donors (Lipinski definition) is 0. The van der Waals surface area contributed by atoms with Crippen LogP contribution in [-0.2, 0) is 0 Å². The summed E-state index contributed by atoms with van der Waals surface area (Å²) >= 11 is 0. The smallest absolute Gasteiger partial charge is 0.167 e. The van der Waals surface area contributed by atoms with E-state index in [0.717, 1.165) is 5.56 Å². The molecular formula is C13H8FN3O. The lowest BCUT2D eigenvalue weighted by Crippen LogP contribution is -1.80. The van der Waals surface area contributed by atoms with E-state index in [-0.39, 0.29) is 5.82 Å². The molecule has 2 heterocycles. The molecule has 0 bridgehead atoms. The van der Waals surface area contributed by atoms with Crippen LogP contribution < -0.4 is 0 Å². The van der Waals surface area contributed by atoms with Crippen molar-refractivity contribution in [3.63, 3.8) is 0 Å². The van der Waals surface area contributed by atoms with Gasteiger partial charge >= 0.3 is 0 Å². The van der Waals surface area contributed by atoms with Gasteiger partial charge in [-0.05, 0) is 12.1 Å². The molecule has 0 unspecified atom stereocenters. The van der Waals surface area contributed by atoms with Gasteiger partial charge in [0.2, 0.25) is 0 Å². The third kappa shape index (κ3) is 1.98. The first-order chi connectivity index (χ1) is 8.83. The predicted octanol–water partition coefficient (Wildman–Crippen LogP) is 2.94. The SMILES string of the molecule is Fc1cccc(-c2cc(-c3cncnc3)no2)c1. The van der Waals surface area contributed by atoms with Gasteiger partial charge in [-0.3, -0.25) is 0 Å². The summed E-state index contributed by atoms with van der Waals surface area (Å²) in [7, 11) is 0. The molecular weight excluding hydrogens is 233 g/mol. The third-order valence-electron chi connectivity index (χ3n) is 2.48. The molecule has 0 aliphatic carbocycles. The molecule has 1 aromatic carbocycles. The fourth-order valence-electron chi connectivity index (χ4n) is 1.62. The molecule has 0 aliphatic heterocycles. The van der Waals surface area contributed by atoms with E-state index in [1.807, 2.05) is 0 Å². The van der Waals surface area contributed by atoms with Crippen LogP contribution in [0.2, 0.25) is 0 Å². The summed E-state index contributed by atoms with van der Waals surface area (Å²) in [5, 5.41) is 3.92. The van der Waals surface area contributed by atoms with Gasteiger partial charge in [0.15, 0.2) is 5.76 Å². The Labute approximate surface area is 102 Å². The van der Waals surface area contributed by atoms with Crippen molar-refractivity contribution in [3.05, 3.63) is 54.9 Å². The van der Waals surface area contributed by atoms with Crippen molar-refractivity contribution in [2.45, 2.75) is 0 Å². The molecule has 0 saturated heterocycles. The van der Waals surface area contributed by atoms with Gasteiger partial charge in [0.25, 0.3) is 0 Å².